The smallest absolute Gasteiger partial charge is 0.224 e. The number of halogens is 1. The topological polar surface area (TPSA) is 58.4 Å². The van der Waals surface area contributed by atoms with Crippen LogP contribution in [0.5, 0.6) is 0 Å². The van der Waals surface area contributed by atoms with Crippen LogP contribution in [0.3, 0.4) is 0 Å². The van der Waals surface area contributed by atoms with E-state index in [-0.39, 0.29) is 11.9 Å². The van der Waals surface area contributed by atoms with Gasteiger partial charge in [0.2, 0.25) is 5.91 Å². The van der Waals surface area contributed by atoms with Gasteiger partial charge >= 0.3 is 0 Å². The van der Waals surface area contributed by atoms with Crippen LogP contribution in [0.4, 0.5) is 11.4 Å². The summed E-state index contributed by atoms with van der Waals surface area (Å²) >= 11 is 6.08. The molecule has 0 saturated carbocycles. The monoisotopic (exact) mass is 309 g/mol. The molecule has 1 fully saturated rings. The minimum Gasteiger partial charge on any atom is -0.370 e. The van der Waals surface area contributed by atoms with Crippen molar-refractivity contribution in [3.05, 3.63) is 23.2 Å². The van der Waals surface area contributed by atoms with Gasteiger partial charge in [-0.15, -0.1) is 0 Å². The molecule has 3 N–H and O–H groups in total. The molecular formula is C16H24ClN3O. The number of anilines is 2. The maximum absolute atomic E-state index is 12.0. The lowest BCUT2D eigenvalue weighted by Gasteiger charge is -2.30. The number of nitrogens with two attached hydrogens (primary N) is 1. The molecule has 4 nitrogen and oxygen atoms in total. The second kappa shape index (κ2) is 7.66. The third kappa shape index (κ3) is 4.90. The van der Waals surface area contributed by atoms with E-state index in [1.165, 1.54) is 19.3 Å². The molecule has 1 unspecified atom stereocenters. The minimum absolute atomic E-state index is 0.00664. The van der Waals surface area contributed by atoms with E-state index in [0.29, 0.717) is 17.9 Å². The Balaban J connectivity index is 2.09. The van der Waals surface area contributed by atoms with Crippen molar-refractivity contribution < 1.29 is 4.79 Å². The molecule has 1 aliphatic rings. The summed E-state index contributed by atoms with van der Waals surface area (Å²) in [5.74, 6) is -0.00664. The van der Waals surface area contributed by atoms with Gasteiger partial charge in [-0.1, -0.05) is 11.6 Å². The first-order chi connectivity index (χ1) is 10.1. The number of hydrogen-bond acceptors (Lipinski definition) is 3. The summed E-state index contributed by atoms with van der Waals surface area (Å²) in [5, 5.41) is 3.62. The summed E-state index contributed by atoms with van der Waals surface area (Å²) in [6.07, 6.45) is 4.79. The molecule has 0 aliphatic carbocycles. The van der Waals surface area contributed by atoms with E-state index in [0.717, 1.165) is 24.5 Å². The highest BCUT2D eigenvalue weighted by atomic mass is 35.5. The second-order valence-corrected chi connectivity index (χ2v) is 6.21. The standard InChI is InChI=1S/C16H24ClN3O/c1-12(18)5-8-16(21)19-14-11-13(17)6-7-15(14)20-9-3-2-4-10-20/h6-7,11-12H,2-5,8-10,18H2,1H3,(H,19,21). The average molecular weight is 310 g/mol. The van der Waals surface area contributed by atoms with Crippen LogP contribution in [-0.4, -0.2) is 25.0 Å². The fourth-order valence-corrected chi connectivity index (χ4v) is 2.76. The summed E-state index contributed by atoms with van der Waals surface area (Å²) < 4.78 is 0. The molecule has 1 atom stereocenters. The van der Waals surface area contributed by atoms with Gasteiger partial charge < -0.3 is 16.0 Å². The third-order valence-corrected chi connectivity index (χ3v) is 3.99. The molecule has 1 aliphatic heterocycles. The highest BCUT2D eigenvalue weighted by molar-refractivity contribution is 6.31. The zero-order valence-corrected chi connectivity index (χ0v) is 13.3. The zero-order valence-electron chi connectivity index (χ0n) is 12.6. The van der Waals surface area contributed by atoms with E-state index in [9.17, 15) is 4.79 Å². The highest BCUT2D eigenvalue weighted by Crippen LogP contribution is 2.31. The van der Waals surface area contributed by atoms with Gasteiger partial charge in [0, 0.05) is 30.6 Å². The number of benzene rings is 1. The van der Waals surface area contributed by atoms with Crippen molar-refractivity contribution in [1.82, 2.24) is 0 Å². The van der Waals surface area contributed by atoms with Crippen LogP contribution in [0.2, 0.25) is 5.02 Å². The number of nitrogens with zero attached hydrogens (tertiary/aromatic N) is 1. The van der Waals surface area contributed by atoms with Crippen molar-refractivity contribution in [3.63, 3.8) is 0 Å². The second-order valence-electron chi connectivity index (χ2n) is 5.77. The van der Waals surface area contributed by atoms with Crippen LogP contribution in [0.1, 0.15) is 39.0 Å². The SMILES string of the molecule is CC(N)CCC(=O)Nc1cc(Cl)ccc1N1CCCCC1. The van der Waals surface area contributed by atoms with Crippen molar-refractivity contribution in [2.24, 2.45) is 5.73 Å². The van der Waals surface area contributed by atoms with E-state index in [1.54, 1.807) is 0 Å². The Morgan fingerprint density at radius 1 is 1.38 bits per heavy atom. The van der Waals surface area contributed by atoms with Crippen molar-refractivity contribution in [3.8, 4) is 0 Å². The maximum atomic E-state index is 12.0. The fraction of sp³-hybridized carbons (Fsp3) is 0.562. The van der Waals surface area contributed by atoms with Gasteiger partial charge in [-0.2, -0.15) is 0 Å². The largest absolute Gasteiger partial charge is 0.370 e. The molecule has 1 amide bonds. The van der Waals surface area contributed by atoms with Crippen LogP contribution in [0.15, 0.2) is 18.2 Å². The van der Waals surface area contributed by atoms with Gasteiger partial charge in [-0.05, 0) is 50.8 Å². The van der Waals surface area contributed by atoms with E-state index in [2.05, 4.69) is 10.2 Å². The summed E-state index contributed by atoms with van der Waals surface area (Å²) in [7, 11) is 0. The molecule has 5 heteroatoms. The highest BCUT2D eigenvalue weighted by Gasteiger charge is 2.16. The number of amides is 1. The normalized spacial score (nSPS) is 16.6. The lowest BCUT2D eigenvalue weighted by atomic mass is 10.1. The summed E-state index contributed by atoms with van der Waals surface area (Å²) in [6.45, 7) is 3.97. The Bertz CT molecular complexity index is 484. The molecule has 1 saturated heterocycles. The molecule has 0 aromatic heterocycles. The molecule has 0 radical (unpaired) electrons. The zero-order chi connectivity index (χ0) is 15.2. The molecule has 1 heterocycles. The van der Waals surface area contributed by atoms with Crippen LogP contribution < -0.4 is 16.0 Å². The Hall–Kier alpha value is -1.26. The Kier molecular flexibility index (Phi) is 5.88. The predicted molar refractivity (Wildman–Crippen MR) is 89.0 cm³/mol. The lowest BCUT2D eigenvalue weighted by Crippen LogP contribution is -2.30. The molecule has 0 spiro atoms. The molecule has 21 heavy (non-hydrogen) atoms. The number of piperidine rings is 1. The number of rotatable bonds is 5. The lowest BCUT2D eigenvalue weighted by molar-refractivity contribution is -0.116. The van der Waals surface area contributed by atoms with Gasteiger partial charge in [0.15, 0.2) is 0 Å². The van der Waals surface area contributed by atoms with Gasteiger partial charge in [0.1, 0.15) is 0 Å². The summed E-state index contributed by atoms with van der Waals surface area (Å²) in [6, 6.07) is 5.74. The van der Waals surface area contributed by atoms with Crippen molar-refractivity contribution in [2.45, 2.75) is 45.1 Å². The summed E-state index contributed by atoms with van der Waals surface area (Å²) in [4.78, 5) is 14.4. The molecule has 2 rings (SSSR count). The van der Waals surface area contributed by atoms with E-state index < -0.39 is 0 Å². The number of carbonyl (C=O) groups excluding carboxylic acids is 1. The molecule has 0 bridgehead atoms. The van der Waals surface area contributed by atoms with Crippen LogP contribution >= 0.6 is 11.6 Å². The molecule has 116 valence electrons. The fourth-order valence-electron chi connectivity index (χ4n) is 2.59. The number of nitrogens with one attached hydrogen (secondary N) is 1. The van der Waals surface area contributed by atoms with Crippen LogP contribution in [0.25, 0.3) is 0 Å². The van der Waals surface area contributed by atoms with Crippen LogP contribution in [0, 0.1) is 0 Å². The molecule has 1 aromatic carbocycles. The quantitative estimate of drug-likeness (QED) is 0.876. The Labute approximate surface area is 131 Å². The van der Waals surface area contributed by atoms with Crippen molar-refractivity contribution in [2.75, 3.05) is 23.3 Å². The first-order valence-corrected chi connectivity index (χ1v) is 8.04. The van der Waals surface area contributed by atoms with Gasteiger partial charge in [-0.3, -0.25) is 4.79 Å². The number of carbonyl (C=O) groups is 1. The average Bonchev–Trinajstić information content (AvgIpc) is 2.46. The van der Waals surface area contributed by atoms with Crippen molar-refractivity contribution in [1.29, 1.82) is 0 Å². The van der Waals surface area contributed by atoms with E-state index in [1.807, 2.05) is 25.1 Å². The van der Waals surface area contributed by atoms with E-state index >= 15 is 0 Å². The first kappa shape index (κ1) is 16.1. The maximum Gasteiger partial charge on any atom is 0.224 e. The summed E-state index contributed by atoms with van der Waals surface area (Å²) in [5.41, 5.74) is 7.56. The Morgan fingerprint density at radius 2 is 2.10 bits per heavy atom. The first-order valence-electron chi connectivity index (χ1n) is 7.66. The van der Waals surface area contributed by atoms with E-state index in [4.69, 9.17) is 17.3 Å². The predicted octanol–water partition coefficient (Wildman–Crippen LogP) is 3.40. The number of hydrogen-bond donors (Lipinski definition) is 2. The third-order valence-electron chi connectivity index (χ3n) is 3.76. The molecule has 1 aromatic rings. The van der Waals surface area contributed by atoms with Crippen molar-refractivity contribution >= 4 is 28.9 Å². The van der Waals surface area contributed by atoms with Crippen LogP contribution in [-0.2, 0) is 4.79 Å². The van der Waals surface area contributed by atoms with Gasteiger partial charge in [-0.25, -0.2) is 0 Å². The minimum atomic E-state index is -0.00664. The molecular weight excluding hydrogens is 286 g/mol. The van der Waals surface area contributed by atoms with Gasteiger partial charge in [0.05, 0.1) is 11.4 Å². The Morgan fingerprint density at radius 3 is 2.76 bits per heavy atom. The van der Waals surface area contributed by atoms with Gasteiger partial charge in [0.25, 0.3) is 0 Å².